The highest BCUT2D eigenvalue weighted by molar-refractivity contribution is 5.81. The van der Waals surface area contributed by atoms with E-state index in [9.17, 15) is 4.79 Å². The van der Waals surface area contributed by atoms with E-state index in [-0.39, 0.29) is 11.9 Å². The lowest BCUT2D eigenvalue weighted by Gasteiger charge is -2.35. The number of nitrogens with zero attached hydrogens (tertiary/aromatic N) is 1. The van der Waals surface area contributed by atoms with Crippen LogP contribution in [0.5, 0.6) is 0 Å². The van der Waals surface area contributed by atoms with Gasteiger partial charge in [-0.3, -0.25) is 9.69 Å². The van der Waals surface area contributed by atoms with Gasteiger partial charge in [-0.05, 0) is 26.0 Å². The number of carbonyl (C=O) groups is 1. The minimum atomic E-state index is -0.0930. The van der Waals surface area contributed by atoms with E-state index >= 15 is 0 Å². The van der Waals surface area contributed by atoms with Crippen LogP contribution < -0.4 is 10.6 Å². The van der Waals surface area contributed by atoms with Crippen molar-refractivity contribution in [3.8, 4) is 0 Å². The van der Waals surface area contributed by atoms with Crippen molar-refractivity contribution in [2.45, 2.75) is 32.5 Å². The Balaban J connectivity index is 1.80. The third-order valence-corrected chi connectivity index (χ3v) is 3.34. The summed E-state index contributed by atoms with van der Waals surface area (Å²) in [5.41, 5.74) is 0. The lowest BCUT2D eigenvalue weighted by atomic mass is 10.1. The van der Waals surface area contributed by atoms with Crippen LogP contribution >= 0.6 is 0 Å². The van der Waals surface area contributed by atoms with Crippen molar-refractivity contribution >= 4 is 5.91 Å². The topological polar surface area (TPSA) is 57.5 Å². The minimum absolute atomic E-state index is 0.0560. The van der Waals surface area contributed by atoms with E-state index in [0.717, 1.165) is 25.4 Å². The Morgan fingerprint density at radius 2 is 2.56 bits per heavy atom. The van der Waals surface area contributed by atoms with Crippen LogP contribution in [0, 0.1) is 0 Å². The second-order valence-electron chi connectivity index (χ2n) is 4.82. The van der Waals surface area contributed by atoms with Crippen molar-refractivity contribution in [2.24, 2.45) is 0 Å². The van der Waals surface area contributed by atoms with E-state index in [1.807, 2.05) is 19.1 Å². The maximum Gasteiger partial charge on any atom is 0.237 e. The lowest BCUT2D eigenvalue weighted by Crippen LogP contribution is -2.55. The molecule has 5 heteroatoms. The number of hydrogen-bond acceptors (Lipinski definition) is 4. The molecule has 1 fully saturated rings. The number of furan rings is 1. The van der Waals surface area contributed by atoms with Crippen LogP contribution in [0.15, 0.2) is 22.8 Å². The maximum atomic E-state index is 12.0. The first-order chi connectivity index (χ1) is 8.66. The summed E-state index contributed by atoms with van der Waals surface area (Å²) in [6.45, 7) is 7.32. The van der Waals surface area contributed by atoms with Crippen molar-refractivity contribution in [1.29, 1.82) is 0 Å². The molecule has 0 radical (unpaired) electrons. The van der Waals surface area contributed by atoms with Crippen LogP contribution in [-0.2, 0) is 11.3 Å². The normalized spacial score (nSPS) is 22.7. The van der Waals surface area contributed by atoms with Gasteiger partial charge >= 0.3 is 0 Å². The molecule has 0 saturated carbocycles. The van der Waals surface area contributed by atoms with Crippen LogP contribution in [0.2, 0.25) is 0 Å². The van der Waals surface area contributed by atoms with E-state index in [1.54, 1.807) is 6.26 Å². The minimum Gasteiger partial charge on any atom is -0.467 e. The fraction of sp³-hybridized carbons (Fsp3) is 0.615. The largest absolute Gasteiger partial charge is 0.467 e. The first-order valence-electron chi connectivity index (χ1n) is 6.44. The Morgan fingerprint density at radius 1 is 1.72 bits per heavy atom. The summed E-state index contributed by atoms with van der Waals surface area (Å²) in [4.78, 5) is 14.2. The van der Waals surface area contributed by atoms with Gasteiger partial charge in [-0.25, -0.2) is 0 Å². The van der Waals surface area contributed by atoms with Crippen molar-refractivity contribution in [3.05, 3.63) is 24.2 Å². The summed E-state index contributed by atoms with van der Waals surface area (Å²) in [5.74, 6) is 0.838. The van der Waals surface area contributed by atoms with E-state index in [1.165, 1.54) is 0 Å². The zero-order valence-electron chi connectivity index (χ0n) is 11.0. The Labute approximate surface area is 108 Å². The number of rotatable bonds is 4. The maximum absolute atomic E-state index is 12.0. The zero-order chi connectivity index (χ0) is 13.0. The Kier molecular flexibility index (Phi) is 4.38. The van der Waals surface area contributed by atoms with Gasteiger partial charge in [0.25, 0.3) is 0 Å². The molecule has 1 saturated heterocycles. The van der Waals surface area contributed by atoms with Crippen LogP contribution in [0.4, 0.5) is 0 Å². The summed E-state index contributed by atoms with van der Waals surface area (Å²) in [5, 5.41) is 6.27. The van der Waals surface area contributed by atoms with E-state index < -0.39 is 0 Å². The van der Waals surface area contributed by atoms with Gasteiger partial charge in [0.2, 0.25) is 5.91 Å². The molecule has 2 atom stereocenters. The molecule has 0 spiro atoms. The van der Waals surface area contributed by atoms with Crippen molar-refractivity contribution in [1.82, 2.24) is 15.5 Å². The highest BCUT2D eigenvalue weighted by atomic mass is 16.3. The number of carbonyl (C=O) groups excluding carboxylic acids is 1. The number of amides is 1. The second kappa shape index (κ2) is 6.02. The van der Waals surface area contributed by atoms with E-state index in [2.05, 4.69) is 22.5 Å². The van der Waals surface area contributed by atoms with Crippen LogP contribution in [-0.4, -0.2) is 42.5 Å². The molecule has 1 aliphatic heterocycles. The summed E-state index contributed by atoms with van der Waals surface area (Å²) in [7, 11) is 0. The summed E-state index contributed by atoms with van der Waals surface area (Å²) >= 11 is 0. The predicted octanol–water partition coefficient (Wildman–Crippen LogP) is 0.578. The molecule has 2 heterocycles. The van der Waals surface area contributed by atoms with E-state index in [4.69, 9.17) is 4.42 Å². The predicted molar refractivity (Wildman–Crippen MR) is 69.1 cm³/mol. The number of piperazine rings is 1. The molecule has 0 bridgehead atoms. The first-order valence-corrected chi connectivity index (χ1v) is 6.44. The fourth-order valence-electron chi connectivity index (χ4n) is 2.21. The first kappa shape index (κ1) is 13.1. The highest BCUT2D eigenvalue weighted by Crippen LogP contribution is 2.05. The van der Waals surface area contributed by atoms with Gasteiger partial charge in [-0.15, -0.1) is 0 Å². The van der Waals surface area contributed by atoms with Crippen LogP contribution in [0.25, 0.3) is 0 Å². The summed E-state index contributed by atoms with van der Waals surface area (Å²) in [6.07, 6.45) is 1.61. The van der Waals surface area contributed by atoms with E-state index in [0.29, 0.717) is 12.6 Å². The van der Waals surface area contributed by atoms with Gasteiger partial charge in [0, 0.05) is 25.7 Å². The molecule has 1 amide bonds. The lowest BCUT2D eigenvalue weighted by molar-refractivity contribution is -0.126. The Bertz CT molecular complexity index is 378. The van der Waals surface area contributed by atoms with Crippen molar-refractivity contribution in [3.63, 3.8) is 0 Å². The molecule has 0 aromatic carbocycles. The standard InChI is InChI=1S/C13H21N3O2/c1-10-9-16(6-5-14-10)11(2)13(17)15-8-12-4-3-7-18-12/h3-4,7,10-11,14H,5-6,8-9H2,1-2H3,(H,15,17)/t10-,11?/m1/s1. The van der Waals surface area contributed by atoms with Crippen LogP contribution in [0.3, 0.4) is 0 Å². The average Bonchev–Trinajstić information content (AvgIpc) is 2.88. The average molecular weight is 251 g/mol. The SMILES string of the molecule is CC(C(=O)NCc1ccco1)N1CCN[C@H](C)C1. The molecule has 1 aromatic rings. The smallest absolute Gasteiger partial charge is 0.237 e. The second-order valence-corrected chi connectivity index (χ2v) is 4.82. The van der Waals surface area contributed by atoms with Gasteiger partial charge in [0.1, 0.15) is 5.76 Å². The quantitative estimate of drug-likeness (QED) is 0.822. The molecule has 1 aliphatic rings. The van der Waals surface area contributed by atoms with Gasteiger partial charge < -0.3 is 15.1 Å². The molecule has 2 rings (SSSR count). The summed E-state index contributed by atoms with van der Waals surface area (Å²) < 4.78 is 5.19. The molecule has 18 heavy (non-hydrogen) atoms. The van der Waals surface area contributed by atoms with Gasteiger partial charge in [-0.2, -0.15) is 0 Å². The molecule has 100 valence electrons. The zero-order valence-corrected chi connectivity index (χ0v) is 11.0. The Hall–Kier alpha value is -1.33. The fourth-order valence-corrected chi connectivity index (χ4v) is 2.21. The Morgan fingerprint density at radius 3 is 3.22 bits per heavy atom. The van der Waals surface area contributed by atoms with Crippen molar-refractivity contribution in [2.75, 3.05) is 19.6 Å². The number of nitrogens with one attached hydrogen (secondary N) is 2. The highest BCUT2D eigenvalue weighted by Gasteiger charge is 2.25. The third-order valence-electron chi connectivity index (χ3n) is 3.34. The van der Waals surface area contributed by atoms with Gasteiger partial charge in [0.15, 0.2) is 0 Å². The molecular weight excluding hydrogens is 230 g/mol. The molecule has 0 aliphatic carbocycles. The van der Waals surface area contributed by atoms with Crippen LogP contribution in [0.1, 0.15) is 19.6 Å². The molecule has 2 N–H and O–H groups in total. The summed E-state index contributed by atoms with van der Waals surface area (Å²) in [6, 6.07) is 4.03. The van der Waals surface area contributed by atoms with Gasteiger partial charge in [0.05, 0.1) is 18.8 Å². The molecule has 1 aromatic heterocycles. The molecule has 1 unspecified atom stereocenters. The third kappa shape index (κ3) is 3.34. The number of hydrogen-bond donors (Lipinski definition) is 2. The van der Waals surface area contributed by atoms with Crippen molar-refractivity contribution < 1.29 is 9.21 Å². The monoisotopic (exact) mass is 251 g/mol. The van der Waals surface area contributed by atoms with Gasteiger partial charge in [-0.1, -0.05) is 0 Å². The molecular formula is C13H21N3O2. The molecule has 5 nitrogen and oxygen atoms in total.